The molecule has 0 aliphatic carbocycles. The molecule has 0 fully saturated rings. The predicted octanol–water partition coefficient (Wildman–Crippen LogP) is 5.23. The van der Waals surface area contributed by atoms with Crippen LogP contribution in [0.5, 0.6) is 0 Å². The lowest BCUT2D eigenvalue weighted by atomic mass is 10.0. The van der Waals surface area contributed by atoms with Crippen LogP contribution in [0.2, 0.25) is 0 Å². The number of nitrogens with two attached hydrogens (primary N) is 1. The zero-order chi connectivity index (χ0) is 16.6. The van der Waals surface area contributed by atoms with E-state index in [0.717, 1.165) is 5.57 Å². The van der Waals surface area contributed by atoms with Gasteiger partial charge in [-0.3, -0.25) is 0 Å². The van der Waals surface area contributed by atoms with Gasteiger partial charge < -0.3 is 5.73 Å². The van der Waals surface area contributed by atoms with Crippen LogP contribution in [0.15, 0.2) is 109 Å². The molecule has 0 rings (SSSR count). The third-order valence-corrected chi connectivity index (χ3v) is 2.46. The number of hydrogen-bond donors (Lipinski definition) is 1. The molecule has 0 unspecified atom stereocenters. The van der Waals surface area contributed by atoms with Crippen LogP contribution in [-0.4, -0.2) is 0 Å². The fourth-order valence-electron chi connectivity index (χ4n) is 1.14. The maximum absolute atomic E-state index is 14.1. The maximum Gasteiger partial charge on any atom is 0.131 e. The van der Waals surface area contributed by atoms with Crippen LogP contribution >= 0.6 is 0 Å². The zero-order valence-corrected chi connectivity index (χ0v) is 12.6. The van der Waals surface area contributed by atoms with Gasteiger partial charge in [-0.05, 0) is 35.8 Å². The highest BCUT2D eigenvalue weighted by molar-refractivity contribution is 5.52. The van der Waals surface area contributed by atoms with Crippen LogP contribution in [0.1, 0.15) is 6.92 Å². The Labute approximate surface area is 127 Å². The minimum atomic E-state index is -0.516. The first-order valence-corrected chi connectivity index (χ1v) is 6.25. The van der Waals surface area contributed by atoms with E-state index in [1.165, 1.54) is 6.08 Å². The summed E-state index contributed by atoms with van der Waals surface area (Å²) in [7, 11) is 0. The smallest absolute Gasteiger partial charge is 0.131 e. The molecule has 0 aliphatic heterocycles. The fraction of sp³-hybridized carbons (Fsp3) is 0.0526. The summed E-state index contributed by atoms with van der Waals surface area (Å²) in [5, 5.41) is 0. The van der Waals surface area contributed by atoms with Crippen molar-refractivity contribution in [3.8, 4) is 0 Å². The average Bonchev–Trinajstić information content (AvgIpc) is 2.40. The molecule has 1 nitrogen and oxygen atoms in total. The van der Waals surface area contributed by atoms with E-state index >= 15 is 0 Å². The molecule has 0 amide bonds. The normalized spacial score (nSPS) is 11.6. The van der Waals surface area contributed by atoms with Gasteiger partial charge in [0.1, 0.15) is 5.83 Å². The van der Waals surface area contributed by atoms with Gasteiger partial charge in [-0.1, -0.05) is 63.3 Å². The van der Waals surface area contributed by atoms with Crippen molar-refractivity contribution in [3.05, 3.63) is 109 Å². The molecule has 0 heterocycles. The van der Waals surface area contributed by atoms with E-state index < -0.39 is 5.83 Å². The Morgan fingerprint density at radius 3 is 1.81 bits per heavy atom. The maximum atomic E-state index is 14.1. The Balaban J connectivity index is 4.95. The highest BCUT2D eigenvalue weighted by atomic mass is 19.1. The minimum absolute atomic E-state index is 0.189. The van der Waals surface area contributed by atoms with Crippen LogP contribution in [0.25, 0.3) is 0 Å². The van der Waals surface area contributed by atoms with E-state index in [9.17, 15) is 4.39 Å². The molecule has 0 radical (unpaired) electrons. The van der Waals surface area contributed by atoms with Crippen molar-refractivity contribution in [2.24, 2.45) is 5.73 Å². The average molecular weight is 283 g/mol. The van der Waals surface area contributed by atoms with Crippen molar-refractivity contribution >= 4 is 0 Å². The van der Waals surface area contributed by atoms with Gasteiger partial charge in [-0.15, -0.1) is 0 Å². The molecule has 0 saturated carbocycles. The van der Waals surface area contributed by atoms with Crippen LogP contribution in [0.3, 0.4) is 0 Å². The summed E-state index contributed by atoms with van der Waals surface area (Å²) in [4.78, 5) is 0. The lowest BCUT2D eigenvalue weighted by molar-refractivity contribution is 0.655. The fourth-order valence-corrected chi connectivity index (χ4v) is 1.14. The monoisotopic (exact) mass is 283 g/mol. The molecular formula is C19H22FN. The SMILES string of the molecule is C=C(C)/C=C\C(=C)C(=C)/C(F)=C\C(=C)C(=C)/C=C\C(=C)N. The topological polar surface area (TPSA) is 26.0 Å². The molecule has 2 N–H and O–H groups in total. The van der Waals surface area contributed by atoms with Crippen LogP contribution in [-0.2, 0) is 0 Å². The number of rotatable bonds is 8. The van der Waals surface area contributed by atoms with Gasteiger partial charge in [0.15, 0.2) is 0 Å². The quantitative estimate of drug-likeness (QED) is 0.607. The Morgan fingerprint density at radius 1 is 0.810 bits per heavy atom. The van der Waals surface area contributed by atoms with E-state index in [1.807, 2.05) is 6.92 Å². The van der Waals surface area contributed by atoms with Crippen LogP contribution in [0, 0.1) is 0 Å². The molecule has 0 saturated heterocycles. The standard InChI is InChI=1S/C19H22FN/c1-13(2)8-9-15(4)18(7)19(20)12-16(5)14(3)10-11-17(6)21/h8-12H,1,3-7,21H2,2H3/b9-8-,11-10-,19-12+. The van der Waals surface area contributed by atoms with Gasteiger partial charge in [-0.2, -0.15) is 0 Å². The first kappa shape index (κ1) is 18.4. The number of allylic oxidation sites excluding steroid dienone is 11. The largest absolute Gasteiger partial charge is 0.399 e. The summed E-state index contributed by atoms with van der Waals surface area (Å²) in [5.74, 6) is -0.516. The molecule has 110 valence electrons. The van der Waals surface area contributed by atoms with Crippen molar-refractivity contribution in [1.82, 2.24) is 0 Å². The van der Waals surface area contributed by atoms with E-state index in [-0.39, 0.29) is 5.57 Å². The van der Waals surface area contributed by atoms with Crippen molar-refractivity contribution in [2.75, 3.05) is 0 Å². The van der Waals surface area contributed by atoms with Gasteiger partial charge in [0.05, 0.1) is 0 Å². The highest BCUT2D eigenvalue weighted by Gasteiger charge is 2.05. The Morgan fingerprint density at radius 2 is 1.33 bits per heavy atom. The van der Waals surface area contributed by atoms with Gasteiger partial charge in [0.25, 0.3) is 0 Å². The van der Waals surface area contributed by atoms with Crippen LogP contribution in [0.4, 0.5) is 4.39 Å². The van der Waals surface area contributed by atoms with Gasteiger partial charge in [0, 0.05) is 11.3 Å². The highest BCUT2D eigenvalue weighted by Crippen LogP contribution is 2.22. The third-order valence-electron chi connectivity index (χ3n) is 2.46. The summed E-state index contributed by atoms with van der Waals surface area (Å²) < 4.78 is 14.1. The van der Waals surface area contributed by atoms with Gasteiger partial charge in [-0.25, -0.2) is 4.39 Å². The van der Waals surface area contributed by atoms with E-state index in [2.05, 4.69) is 39.5 Å². The van der Waals surface area contributed by atoms with Crippen molar-refractivity contribution in [3.63, 3.8) is 0 Å². The Bertz CT molecular complexity index is 595. The molecule has 2 heteroatoms. The first-order valence-electron chi connectivity index (χ1n) is 6.25. The molecule has 0 aromatic heterocycles. The molecule has 0 aliphatic rings. The molecule has 0 spiro atoms. The minimum Gasteiger partial charge on any atom is -0.399 e. The van der Waals surface area contributed by atoms with E-state index in [4.69, 9.17) is 5.73 Å². The lowest BCUT2D eigenvalue weighted by Gasteiger charge is -2.05. The van der Waals surface area contributed by atoms with E-state index in [0.29, 0.717) is 22.4 Å². The Hall–Kier alpha value is -2.61. The van der Waals surface area contributed by atoms with Crippen molar-refractivity contribution in [1.29, 1.82) is 0 Å². The first-order chi connectivity index (χ1) is 9.65. The number of halogens is 1. The molecular weight excluding hydrogens is 261 g/mol. The summed E-state index contributed by atoms with van der Waals surface area (Å²) in [6.45, 7) is 24.0. The lowest BCUT2D eigenvalue weighted by Crippen LogP contribution is -1.90. The second-order valence-corrected chi connectivity index (χ2v) is 4.63. The third kappa shape index (κ3) is 7.53. The molecule has 0 aromatic carbocycles. The van der Waals surface area contributed by atoms with Crippen molar-refractivity contribution in [2.45, 2.75) is 6.92 Å². The molecule has 0 aromatic rings. The summed E-state index contributed by atoms with van der Waals surface area (Å²) in [5.41, 5.74) is 8.25. The molecule has 21 heavy (non-hydrogen) atoms. The summed E-state index contributed by atoms with van der Waals surface area (Å²) in [6, 6.07) is 0. The van der Waals surface area contributed by atoms with E-state index in [1.54, 1.807) is 24.3 Å². The predicted molar refractivity (Wildman–Crippen MR) is 92.2 cm³/mol. The number of hydrogen-bond acceptors (Lipinski definition) is 1. The second kappa shape index (κ2) is 8.54. The van der Waals surface area contributed by atoms with Gasteiger partial charge >= 0.3 is 0 Å². The van der Waals surface area contributed by atoms with Crippen molar-refractivity contribution < 1.29 is 4.39 Å². The second-order valence-electron chi connectivity index (χ2n) is 4.63. The summed E-state index contributed by atoms with van der Waals surface area (Å²) >= 11 is 0. The van der Waals surface area contributed by atoms with Gasteiger partial charge in [0.2, 0.25) is 0 Å². The molecule has 0 bridgehead atoms. The van der Waals surface area contributed by atoms with Crippen LogP contribution < -0.4 is 5.73 Å². The zero-order valence-electron chi connectivity index (χ0n) is 12.6. The molecule has 0 atom stereocenters. The Kier molecular flexibility index (Phi) is 7.48. The summed E-state index contributed by atoms with van der Waals surface area (Å²) in [6.07, 6.45) is 7.85.